The molecule has 1 N–H and O–H groups in total. The van der Waals surface area contributed by atoms with Crippen molar-refractivity contribution in [2.24, 2.45) is 0 Å². The van der Waals surface area contributed by atoms with E-state index in [1.165, 1.54) is 6.08 Å². The Morgan fingerprint density at radius 2 is 2.16 bits per heavy atom. The molecule has 0 aliphatic carbocycles. The molecule has 0 aliphatic rings. The maximum Gasteiger partial charge on any atom is 0.346 e. The molecule has 0 radical (unpaired) electrons. The Morgan fingerprint density at radius 3 is 2.79 bits per heavy atom. The highest BCUT2D eigenvalue weighted by Gasteiger charge is 2.09. The largest absolute Gasteiger partial charge is 0.477 e. The van der Waals surface area contributed by atoms with Gasteiger partial charge in [-0.15, -0.1) is 0 Å². The van der Waals surface area contributed by atoms with Crippen molar-refractivity contribution < 1.29 is 14.3 Å². The fourth-order valence-corrected chi connectivity index (χ4v) is 1.91. The maximum atomic E-state index is 10.7. The number of nitriles is 1. The summed E-state index contributed by atoms with van der Waals surface area (Å²) < 4.78 is 6.41. The molecule has 0 amide bonds. The van der Waals surface area contributed by atoms with Crippen molar-refractivity contribution in [3.05, 3.63) is 52.2 Å². The van der Waals surface area contributed by atoms with E-state index in [4.69, 9.17) is 14.8 Å². The van der Waals surface area contributed by atoms with Gasteiger partial charge in [-0.1, -0.05) is 28.1 Å². The molecule has 0 atom stereocenters. The van der Waals surface area contributed by atoms with Crippen LogP contribution in [0.3, 0.4) is 0 Å². The molecule has 0 aliphatic heterocycles. The molecule has 1 aromatic carbocycles. The van der Waals surface area contributed by atoms with E-state index in [1.807, 2.05) is 24.3 Å². The summed E-state index contributed by atoms with van der Waals surface area (Å²) >= 11 is 3.36. The predicted octanol–water partition coefficient (Wildman–Crippen LogP) is 3.70. The molecule has 0 bridgehead atoms. The van der Waals surface area contributed by atoms with Crippen LogP contribution in [0.15, 0.2) is 50.9 Å². The van der Waals surface area contributed by atoms with E-state index >= 15 is 0 Å². The van der Waals surface area contributed by atoms with Crippen molar-refractivity contribution in [2.75, 3.05) is 0 Å². The van der Waals surface area contributed by atoms with E-state index < -0.39 is 5.97 Å². The number of carboxylic acid groups (broad SMARTS) is 1. The molecule has 5 heteroatoms. The molecule has 0 spiro atoms. The number of carboxylic acids is 1. The minimum atomic E-state index is -1.28. The number of rotatable bonds is 3. The highest BCUT2D eigenvalue weighted by molar-refractivity contribution is 9.10. The lowest BCUT2D eigenvalue weighted by Crippen LogP contribution is -1.96. The summed E-state index contributed by atoms with van der Waals surface area (Å²) in [6.45, 7) is 0. The second-order valence-corrected chi connectivity index (χ2v) is 4.60. The molecule has 0 unspecified atom stereocenters. The van der Waals surface area contributed by atoms with Crippen LogP contribution in [0.2, 0.25) is 0 Å². The van der Waals surface area contributed by atoms with Crippen molar-refractivity contribution in [2.45, 2.75) is 0 Å². The lowest BCUT2D eigenvalue weighted by molar-refractivity contribution is -0.132. The first-order valence-electron chi connectivity index (χ1n) is 5.31. The summed E-state index contributed by atoms with van der Waals surface area (Å²) in [5, 5.41) is 17.4. The lowest BCUT2D eigenvalue weighted by Gasteiger charge is -1.97. The number of carbonyl (C=O) groups is 1. The van der Waals surface area contributed by atoms with E-state index in [-0.39, 0.29) is 5.57 Å². The Bertz CT molecular complexity index is 695. The molecular weight excluding hydrogens is 310 g/mol. The number of halogens is 1. The molecule has 0 saturated carbocycles. The zero-order valence-corrected chi connectivity index (χ0v) is 11.2. The van der Waals surface area contributed by atoms with Gasteiger partial charge in [-0.05, 0) is 24.3 Å². The van der Waals surface area contributed by atoms with Gasteiger partial charge in [0, 0.05) is 16.1 Å². The van der Waals surface area contributed by atoms with Gasteiger partial charge in [0.15, 0.2) is 0 Å². The SMILES string of the molecule is N#C/C(=C\c1ccc(-c2cccc(Br)c2)o1)C(=O)O. The standard InChI is InChI=1S/C14H8BrNO3/c15-11-3-1-2-9(6-11)13-5-4-12(19-13)7-10(8-16)14(17)18/h1-7H,(H,17,18)/b10-7+. The third-order valence-corrected chi connectivity index (χ3v) is 2.87. The van der Waals surface area contributed by atoms with Crippen LogP contribution in [0.4, 0.5) is 0 Å². The first kappa shape index (κ1) is 13.1. The summed E-state index contributed by atoms with van der Waals surface area (Å²) in [6.07, 6.45) is 1.20. The first-order chi connectivity index (χ1) is 9.10. The Labute approximate surface area is 117 Å². The summed E-state index contributed by atoms with van der Waals surface area (Å²) in [5.41, 5.74) is 0.498. The summed E-state index contributed by atoms with van der Waals surface area (Å²) in [4.78, 5) is 10.7. The van der Waals surface area contributed by atoms with Crippen LogP contribution in [0.1, 0.15) is 5.76 Å². The van der Waals surface area contributed by atoms with Gasteiger partial charge >= 0.3 is 5.97 Å². The zero-order valence-electron chi connectivity index (χ0n) is 9.63. The van der Waals surface area contributed by atoms with Crippen LogP contribution in [0.5, 0.6) is 0 Å². The number of nitrogens with zero attached hydrogens (tertiary/aromatic N) is 1. The monoisotopic (exact) mass is 317 g/mol. The fourth-order valence-electron chi connectivity index (χ4n) is 1.51. The van der Waals surface area contributed by atoms with Crippen molar-refractivity contribution >= 4 is 28.0 Å². The molecule has 0 fully saturated rings. The van der Waals surface area contributed by atoms with E-state index in [9.17, 15) is 4.79 Å². The van der Waals surface area contributed by atoms with E-state index in [1.54, 1.807) is 18.2 Å². The molecular formula is C14H8BrNO3. The highest BCUT2D eigenvalue weighted by atomic mass is 79.9. The maximum absolute atomic E-state index is 10.7. The van der Waals surface area contributed by atoms with Crippen molar-refractivity contribution in [3.63, 3.8) is 0 Å². The van der Waals surface area contributed by atoms with Crippen molar-refractivity contribution in [1.82, 2.24) is 0 Å². The third-order valence-electron chi connectivity index (χ3n) is 2.37. The van der Waals surface area contributed by atoms with Crippen LogP contribution in [-0.2, 0) is 4.79 Å². The topological polar surface area (TPSA) is 74.2 Å². The fraction of sp³-hybridized carbons (Fsp3) is 0. The average Bonchev–Trinajstić information content (AvgIpc) is 2.84. The van der Waals surface area contributed by atoms with Crippen molar-refractivity contribution in [1.29, 1.82) is 5.26 Å². The molecule has 0 saturated heterocycles. The first-order valence-corrected chi connectivity index (χ1v) is 6.10. The highest BCUT2D eigenvalue weighted by Crippen LogP contribution is 2.25. The smallest absolute Gasteiger partial charge is 0.346 e. The molecule has 4 nitrogen and oxygen atoms in total. The quantitative estimate of drug-likeness (QED) is 0.691. The summed E-state index contributed by atoms with van der Waals surface area (Å²) in [7, 11) is 0. The zero-order chi connectivity index (χ0) is 13.8. The second kappa shape index (κ2) is 5.55. The molecule has 94 valence electrons. The van der Waals surface area contributed by atoms with Gasteiger partial charge in [0.1, 0.15) is 23.2 Å². The van der Waals surface area contributed by atoms with E-state index in [0.29, 0.717) is 11.5 Å². The Morgan fingerprint density at radius 1 is 1.37 bits per heavy atom. The molecule has 19 heavy (non-hydrogen) atoms. The number of aliphatic carboxylic acids is 1. The van der Waals surface area contributed by atoms with Gasteiger partial charge in [-0.3, -0.25) is 0 Å². The number of hydrogen-bond acceptors (Lipinski definition) is 3. The second-order valence-electron chi connectivity index (χ2n) is 3.69. The van der Waals surface area contributed by atoms with Gasteiger partial charge < -0.3 is 9.52 Å². The lowest BCUT2D eigenvalue weighted by atomic mass is 10.2. The number of benzene rings is 1. The van der Waals surface area contributed by atoms with Crippen LogP contribution >= 0.6 is 15.9 Å². The molecule has 1 aromatic heterocycles. The van der Waals surface area contributed by atoms with Crippen LogP contribution in [0.25, 0.3) is 17.4 Å². The van der Waals surface area contributed by atoms with Gasteiger partial charge in [0.25, 0.3) is 0 Å². The van der Waals surface area contributed by atoms with Gasteiger partial charge in [-0.2, -0.15) is 5.26 Å². The Balaban J connectivity index is 2.35. The minimum Gasteiger partial charge on any atom is -0.477 e. The van der Waals surface area contributed by atoms with E-state index in [2.05, 4.69) is 15.9 Å². The van der Waals surface area contributed by atoms with E-state index in [0.717, 1.165) is 10.0 Å². The molecule has 1 heterocycles. The Hall–Kier alpha value is -2.32. The number of hydrogen-bond donors (Lipinski definition) is 1. The Kier molecular flexibility index (Phi) is 3.83. The average molecular weight is 318 g/mol. The summed E-state index contributed by atoms with van der Waals surface area (Å²) in [6, 6.07) is 12.5. The van der Waals surface area contributed by atoms with Crippen molar-refractivity contribution in [3.8, 4) is 17.4 Å². The summed E-state index contributed by atoms with van der Waals surface area (Å²) in [5.74, 6) is -0.341. The van der Waals surface area contributed by atoms with Crippen LogP contribution in [0, 0.1) is 11.3 Å². The van der Waals surface area contributed by atoms with Crippen LogP contribution < -0.4 is 0 Å². The molecule has 2 rings (SSSR count). The predicted molar refractivity (Wildman–Crippen MR) is 73.1 cm³/mol. The van der Waals surface area contributed by atoms with Gasteiger partial charge in [-0.25, -0.2) is 4.79 Å². The van der Waals surface area contributed by atoms with Gasteiger partial charge in [0.2, 0.25) is 0 Å². The normalized spacial score (nSPS) is 11.1. The molecule has 2 aromatic rings. The minimum absolute atomic E-state index is 0.328. The van der Waals surface area contributed by atoms with Gasteiger partial charge in [0.05, 0.1) is 0 Å². The number of furan rings is 1. The van der Waals surface area contributed by atoms with Crippen LogP contribution in [-0.4, -0.2) is 11.1 Å². The third kappa shape index (κ3) is 3.12.